The molecule has 0 bridgehead atoms. The van der Waals surface area contributed by atoms with Crippen molar-refractivity contribution >= 4 is 23.0 Å². The van der Waals surface area contributed by atoms with Gasteiger partial charge in [-0.05, 0) is 48.0 Å². The van der Waals surface area contributed by atoms with Crippen LogP contribution >= 0.6 is 0 Å². The molecule has 0 aliphatic carbocycles. The van der Waals surface area contributed by atoms with E-state index in [4.69, 9.17) is 28.1 Å². The Morgan fingerprint density at radius 2 is 1.39 bits per heavy atom. The highest BCUT2D eigenvalue weighted by molar-refractivity contribution is 5.88. The minimum Gasteiger partial charge on any atom is -0.508 e. The van der Waals surface area contributed by atoms with Gasteiger partial charge in [-0.25, -0.2) is 4.79 Å². The van der Waals surface area contributed by atoms with Crippen molar-refractivity contribution in [2.45, 2.75) is 61.4 Å². The lowest BCUT2D eigenvalue weighted by Gasteiger charge is -2.45. The molecule has 18 heteroatoms. The molecule has 2 saturated heterocycles. The van der Waals surface area contributed by atoms with Gasteiger partial charge < -0.3 is 79.2 Å². The molecule has 3 heterocycles. The normalized spacial score (nSPS) is 28.6. The summed E-state index contributed by atoms with van der Waals surface area (Å²) in [6.07, 6.45) is -16.0. The summed E-state index contributed by atoms with van der Waals surface area (Å²) in [7, 11) is 0. The maximum absolute atomic E-state index is 13.8. The molecule has 288 valence electrons. The number of fused-ring (bicyclic) bond motifs is 1. The van der Waals surface area contributed by atoms with Crippen molar-refractivity contribution in [3.63, 3.8) is 0 Å². The molecule has 2 aliphatic heterocycles. The molecule has 10 N–H and O–H groups in total. The first-order valence-electron chi connectivity index (χ1n) is 16.4. The lowest BCUT2D eigenvalue weighted by Crippen LogP contribution is -2.65. The van der Waals surface area contributed by atoms with Gasteiger partial charge in [0.05, 0.1) is 6.61 Å². The van der Waals surface area contributed by atoms with E-state index in [9.17, 15) is 60.7 Å². The van der Waals surface area contributed by atoms with E-state index in [1.807, 2.05) is 0 Å². The van der Waals surface area contributed by atoms with Gasteiger partial charge in [0.1, 0.15) is 89.4 Å². The first-order valence-corrected chi connectivity index (χ1v) is 16.4. The van der Waals surface area contributed by atoms with Gasteiger partial charge in [0, 0.05) is 23.8 Å². The van der Waals surface area contributed by atoms with Gasteiger partial charge in [-0.1, -0.05) is 12.1 Å². The molecule has 3 aromatic carbocycles. The zero-order chi connectivity index (χ0) is 38.8. The Labute approximate surface area is 304 Å². The van der Waals surface area contributed by atoms with Gasteiger partial charge in [0.25, 0.3) is 0 Å². The quantitative estimate of drug-likeness (QED) is 0.0724. The molecule has 0 saturated carbocycles. The van der Waals surface area contributed by atoms with Crippen molar-refractivity contribution < 1.29 is 84.0 Å². The van der Waals surface area contributed by atoms with Crippen LogP contribution in [0.1, 0.15) is 5.56 Å². The number of rotatable bonds is 10. The molecule has 4 aromatic rings. The van der Waals surface area contributed by atoms with Crippen LogP contribution in [0.15, 0.2) is 76.0 Å². The number of benzene rings is 3. The van der Waals surface area contributed by atoms with Crippen LogP contribution in [0, 0.1) is 0 Å². The zero-order valence-corrected chi connectivity index (χ0v) is 27.9. The summed E-state index contributed by atoms with van der Waals surface area (Å²) < 4.78 is 33.7. The lowest BCUT2D eigenvalue weighted by molar-refractivity contribution is -0.353. The van der Waals surface area contributed by atoms with E-state index >= 15 is 0 Å². The minimum atomic E-state index is -2.06. The Balaban J connectivity index is 1.24. The molecule has 54 heavy (non-hydrogen) atoms. The van der Waals surface area contributed by atoms with E-state index in [2.05, 4.69) is 0 Å². The molecule has 18 nitrogen and oxygen atoms in total. The van der Waals surface area contributed by atoms with Gasteiger partial charge in [0.15, 0.2) is 12.1 Å². The van der Waals surface area contributed by atoms with Crippen LogP contribution in [0.5, 0.6) is 28.7 Å². The summed E-state index contributed by atoms with van der Waals surface area (Å²) in [6.45, 7) is -1.55. The summed E-state index contributed by atoms with van der Waals surface area (Å²) >= 11 is 0. The number of phenolic OH excluding ortho intramolecular Hbond substituents is 4. The largest absolute Gasteiger partial charge is 0.508 e. The number of esters is 1. The predicted octanol–water partition coefficient (Wildman–Crippen LogP) is -0.450. The molecule has 2 aliphatic rings. The second kappa shape index (κ2) is 16.0. The molecule has 0 unspecified atom stereocenters. The summed E-state index contributed by atoms with van der Waals surface area (Å²) in [5.74, 6) is -3.09. The average Bonchev–Trinajstić information content (AvgIpc) is 3.14. The highest BCUT2D eigenvalue weighted by Gasteiger charge is 2.52. The van der Waals surface area contributed by atoms with E-state index in [0.717, 1.165) is 18.2 Å². The molecule has 0 spiro atoms. The second-order valence-corrected chi connectivity index (χ2v) is 12.5. The fraction of sp³-hybridized carbons (Fsp3) is 0.333. The number of carbonyl (C=O) groups is 1. The van der Waals surface area contributed by atoms with E-state index in [-0.39, 0.29) is 28.4 Å². The van der Waals surface area contributed by atoms with Crippen molar-refractivity contribution in [1.29, 1.82) is 0 Å². The van der Waals surface area contributed by atoms with Gasteiger partial charge in [-0.3, -0.25) is 4.79 Å². The number of aliphatic hydroxyl groups excluding tert-OH is 6. The van der Waals surface area contributed by atoms with Crippen molar-refractivity contribution in [2.75, 3.05) is 13.2 Å². The van der Waals surface area contributed by atoms with Crippen molar-refractivity contribution in [1.82, 2.24) is 0 Å². The SMILES string of the molecule is O=C(C=Cc1ccc(O)cc1)OC[C@H]1O[C@@H](O[C@@H]2[C@@H](O)[C@H](Oc3c(-c4ccc(O)cc4)oc4cc(O)cc(O)c4c3=O)O[C@H](CO)[C@H]2O)[C@H](O)[C@@H](O)[C@@H]1O. The second-order valence-electron chi connectivity index (χ2n) is 12.5. The third kappa shape index (κ3) is 7.97. The molecule has 0 radical (unpaired) electrons. The molecule has 10 atom stereocenters. The Kier molecular flexibility index (Phi) is 11.4. The number of hydrogen-bond donors (Lipinski definition) is 10. The van der Waals surface area contributed by atoms with Crippen molar-refractivity contribution in [2.24, 2.45) is 0 Å². The smallest absolute Gasteiger partial charge is 0.330 e. The fourth-order valence-corrected chi connectivity index (χ4v) is 5.89. The number of phenols is 4. The van der Waals surface area contributed by atoms with Crippen LogP contribution in [0.2, 0.25) is 0 Å². The Morgan fingerprint density at radius 1 is 0.741 bits per heavy atom. The first kappa shape index (κ1) is 38.4. The summed E-state index contributed by atoms with van der Waals surface area (Å²) in [6, 6.07) is 13.0. The third-order valence-corrected chi connectivity index (χ3v) is 8.76. The third-order valence-electron chi connectivity index (χ3n) is 8.76. The van der Waals surface area contributed by atoms with Gasteiger partial charge in [-0.2, -0.15) is 0 Å². The van der Waals surface area contributed by atoms with Crippen molar-refractivity contribution in [3.8, 4) is 40.1 Å². The van der Waals surface area contributed by atoms with Gasteiger partial charge in [-0.15, -0.1) is 0 Å². The van der Waals surface area contributed by atoms with Crippen LogP contribution in [0.25, 0.3) is 28.4 Å². The Hall–Kier alpha value is -5.28. The monoisotopic (exact) mass is 756 g/mol. The number of ether oxygens (including phenoxy) is 5. The summed E-state index contributed by atoms with van der Waals surface area (Å²) in [5.41, 5.74) is -0.564. The molecule has 0 amide bonds. The molecular weight excluding hydrogens is 720 g/mol. The number of carbonyl (C=O) groups excluding carboxylic acids is 1. The van der Waals surface area contributed by atoms with Crippen LogP contribution in [-0.4, -0.2) is 132 Å². The summed E-state index contributed by atoms with van der Waals surface area (Å²) in [4.78, 5) is 26.2. The van der Waals surface area contributed by atoms with Crippen LogP contribution in [0.4, 0.5) is 0 Å². The zero-order valence-electron chi connectivity index (χ0n) is 27.9. The van der Waals surface area contributed by atoms with E-state index in [1.165, 1.54) is 54.6 Å². The van der Waals surface area contributed by atoms with E-state index in [1.54, 1.807) is 0 Å². The maximum Gasteiger partial charge on any atom is 0.330 e. The van der Waals surface area contributed by atoms with Gasteiger partial charge >= 0.3 is 5.97 Å². The van der Waals surface area contributed by atoms with E-state index in [0.29, 0.717) is 5.56 Å². The minimum absolute atomic E-state index is 0.0207. The Morgan fingerprint density at radius 3 is 2.06 bits per heavy atom. The predicted molar refractivity (Wildman–Crippen MR) is 181 cm³/mol. The number of hydrogen-bond acceptors (Lipinski definition) is 18. The standard InChI is InChI=1S/C36H36O18/c37-13-22-27(44)33(53-35-30(47)29(46)26(43)23(52-35)14-49-24(42)10-3-15-1-6-17(38)7-2-15)31(48)36(51-22)54-34-28(45)25-20(41)11-19(40)12-21(25)50-32(34)16-4-8-18(39)9-5-16/h1-12,22-23,26-27,29-31,33,35-41,43-44,46-48H,13-14H2/t22-,23-,26-,27-,29+,30-,31-,33+,35+,36+/m1/s1. The first-order chi connectivity index (χ1) is 25.7. The fourth-order valence-electron chi connectivity index (χ4n) is 5.89. The highest BCUT2D eigenvalue weighted by Crippen LogP contribution is 2.38. The Bertz CT molecular complexity index is 2030. The maximum atomic E-state index is 13.8. The van der Waals surface area contributed by atoms with Crippen LogP contribution < -0.4 is 10.2 Å². The molecular formula is C36H36O18. The summed E-state index contributed by atoms with van der Waals surface area (Å²) in [5, 5.41) is 104. The highest BCUT2D eigenvalue weighted by atomic mass is 16.7. The number of aliphatic hydroxyl groups is 6. The molecule has 2 fully saturated rings. The molecule has 6 rings (SSSR count). The number of aromatic hydroxyl groups is 4. The lowest BCUT2D eigenvalue weighted by atomic mass is 9.97. The van der Waals surface area contributed by atoms with Crippen LogP contribution in [0.3, 0.4) is 0 Å². The average molecular weight is 757 g/mol. The topological polar surface area (TPSA) is 296 Å². The van der Waals surface area contributed by atoms with E-state index < -0.39 is 109 Å². The van der Waals surface area contributed by atoms with Gasteiger partial charge in [0.2, 0.25) is 17.5 Å². The van der Waals surface area contributed by atoms with Crippen molar-refractivity contribution in [3.05, 3.63) is 82.5 Å². The van der Waals surface area contributed by atoms with Crippen LogP contribution in [-0.2, 0) is 23.7 Å². The molecule has 1 aromatic heterocycles.